The van der Waals surface area contributed by atoms with Crippen molar-refractivity contribution in [2.45, 2.75) is 0 Å². The van der Waals surface area contributed by atoms with Crippen molar-refractivity contribution >= 4 is 5.91 Å². The van der Waals surface area contributed by atoms with E-state index >= 15 is 0 Å². The normalized spacial score (nSPS) is 10.4. The first-order chi connectivity index (χ1) is 13.6. The van der Waals surface area contributed by atoms with Gasteiger partial charge in [-0.15, -0.1) is 10.2 Å². The maximum absolute atomic E-state index is 13.5. The lowest BCUT2D eigenvalue weighted by Gasteiger charge is -2.08. The smallest absolute Gasteiger partial charge is 0.254 e. The summed E-state index contributed by atoms with van der Waals surface area (Å²) in [4.78, 5) is 11.9. The number of amides is 1. The topological polar surface area (TPSA) is 73.3 Å². The molecule has 0 aliphatic carbocycles. The van der Waals surface area contributed by atoms with Crippen molar-refractivity contribution in [3.8, 4) is 22.9 Å². The van der Waals surface area contributed by atoms with Crippen molar-refractivity contribution in [1.82, 2.24) is 15.5 Å². The number of methoxy groups -OCH3 is 1. The van der Waals surface area contributed by atoms with Crippen molar-refractivity contribution in [2.24, 2.45) is 0 Å². The molecule has 0 bridgehead atoms. The molecule has 0 aliphatic rings. The van der Waals surface area contributed by atoms with Crippen molar-refractivity contribution in [1.29, 1.82) is 0 Å². The van der Waals surface area contributed by atoms with Gasteiger partial charge in [-0.3, -0.25) is 4.79 Å². The molecule has 0 spiro atoms. The van der Waals surface area contributed by atoms with Gasteiger partial charge in [0.2, 0.25) is 5.88 Å². The maximum Gasteiger partial charge on any atom is 0.254 e. The van der Waals surface area contributed by atoms with Crippen LogP contribution in [-0.2, 0) is 0 Å². The fourth-order valence-electron chi connectivity index (χ4n) is 2.40. The minimum atomic E-state index is -0.918. The number of ether oxygens (including phenoxy) is 2. The average molecular weight is 385 g/mol. The van der Waals surface area contributed by atoms with Gasteiger partial charge in [-0.05, 0) is 42.5 Å². The van der Waals surface area contributed by atoms with Crippen LogP contribution in [0.1, 0.15) is 10.4 Å². The zero-order chi connectivity index (χ0) is 19.9. The molecule has 28 heavy (non-hydrogen) atoms. The largest absolute Gasteiger partial charge is 0.497 e. The van der Waals surface area contributed by atoms with Gasteiger partial charge in [0.15, 0.2) is 0 Å². The minimum Gasteiger partial charge on any atom is -0.497 e. The zero-order valence-corrected chi connectivity index (χ0v) is 15.0. The molecular weight excluding hydrogens is 368 g/mol. The van der Waals surface area contributed by atoms with Gasteiger partial charge in [0.25, 0.3) is 5.91 Å². The Bertz CT molecular complexity index is 948. The van der Waals surface area contributed by atoms with E-state index in [2.05, 4.69) is 15.5 Å². The Hall–Kier alpha value is -3.55. The lowest BCUT2D eigenvalue weighted by Crippen LogP contribution is -2.29. The summed E-state index contributed by atoms with van der Waals surface area (Å²) in [5.41, 5.74) is 1.33. The molecule has 0 fully saturated rings. The number of rotatable bonds is 7. The Balaban J connectivity index is 1.49. The number of nitrogens with one attached hydrogen (secondary N) is 1. The van der Waals surface area contributed by atoms with Gasteiger partial charge in [0.05, 0.1) is 24.9 Å². The van der Waals surface area contributed by atoms with E-state index in [0.717, 1.165) is 23.4 Å². The van der Waals surface area contributed by atoms with E-state index in [1.54, 1.807) is 19.2 Å². The SMILES string of the molecule is COc1ccc(-c2ccc(OCCNC(=O)c3ccc(F)cc3F)nn2)cc1. The monoisotopic (exact) mass is 385 g/mol. The molecule has 144 valence electrons. The number of nitrogens with zero attached hydrogens (tertiary/aromatic N) is 2. The van der Waals surface area contributed by atoms with Crippen LogP contribution in [0.3, 0.4) is 0 Å². The molecule has 0 atom stereocenters. The minimum absolute atomic E-state index is 0.116. The van der Waals surface area contributed by atoms with E-state index in [4.69, 9.17) is 9.47 Å². The Morgan fingerprint density at radius 2 is 1.82 bits per heavy atom. The van der Waals surface area contributed by atoms with E-state index in [9.17, 15) is 13.6 Å². The van der Waals surface area contributed by atoms with Crippen LogP contribution in [0.15, 0.2) is 54.6 Å². The van der Waals surface area contributed by atoms with Gasteiger partial charge >= 0.3 is 0 Å². The number of halogens is 2. The lowest BCUT2D eigenvalue weighted by atomic mass is 10.1. The Morgan fingerprint density at radius 1 is 1.04 bits per heavy atom. The highest BCUT2D eigenvalue weighted by Gasteiger charge is 2.12. The molecule has 0 aliphatic heterocycles. The second-order valence-electron chi connectivity index (χ2n) is 5.71. The van der Waals surface area contributed by atoms with Gasteiger partial charge in [-0.2, -0.15) is 0 Å². The lowest BCUT2D eigenvalue weighted by molar-refractivity contribution is 0.0942. The van der Waals surface area contributed by atoms with Crippen molar-refractivity contribution < 1.29 is 23.0 Å². The Morgan fingerprint density at radius 3 is 2.46 bits per heavy atom. The quantitative estimate of drug-likeness (QED) is 0.632. The summed E-state index contributed by atoms with van der Waals surface area (Å²) >= 11 is 0. The Kier molecular flexibility index (Phi) is 6.11. The molecule has 1 aromatic heterocycles. The number of benzene rings is 2. The fourth-order valence-corrected chi connectivity index (χ4v) is 2.40. The molecule has 1 N–H and O–H groups in total. The third kappa shape index (κ3) is 4.79. The van der Waals surface area contributed by atoms with Crippen LogP contribution in [0.4, 0.5) is 8.78 Å². The van der Waals surface area contributed by atoms with Crippen LogP contribution in [0.25, 0.3) is 11.3 Å². The Labute approximate surface area is 160 Å². The van der Waals surface area contributed by atoms with Crippen LogP contribution in [0.5, 0.6) is 11.6 Å². The van der Waals surface area contributed by atoms with Crippen LogP contribution in [-0.4, -0.2) is 36.4 Å². The molecule has 2 aromatic carbocycles. The van der Waals surface area contributed by atoms with E-state index in [1.165, 1.54) is 0 Å². The summed E-state index contributed by atoms with van der Waals surface area (Å²) in [5.74, 6) is -1.27. The third-order valence-corrected chi connectivity index (χ3v) is 3.84. The van der Waals surface area contributed by atoms with Gasteiger partial charge in [0, 0.05) is 17.7 Å². The molecule has 8 heteroatoms. The second-order valence-corrected chi connectivity index (χ2v) is 5.71. The van der Waals surface area contributed by atoms with Gasteiger partial charge in [-0.25, -0.2) is 8.78 Å². The molecular formula is C20H17F2N3O3. The summed E-state index contributed by atoms with van der Waals surface area (Å²) in [6, 6.07) is 13.6. The summed E-state index contributed by atoms with van der Waals surface area (Å²) in [6.45, 7) is 0.239. The van der Waals surface area contributed by atoms with E-state index < -0.39 is 17.5 Å². The first-order valence-corrected chi connectivity index (χ1v) is 8.41. The van der Waals surface area contributed by atoms with E-state index in [1.807, 2.05) is 24.3 Å². The second kappa shape index (κ2) is 8.90. The highest BCUT2D eigenvalue weighted by atomic mass is 19.1. The van der Waals surface area contributed by atoms with Crippen LogP contribution in [0.2, 0.25) is 0 Å². The summed E-state index contributed by atoms with van der Waals surface area (Å²) in [5, 5.41) is 10.6. The third-order valence-electron chi connectivity index (χ3n) is 3.84. The van der Waals surface area contributed by atoms with Gasteiger partial charge < -0.3 is 14.8 Å². The molecule has 6 nitrogen and oxygen atoms in total. The molecule has 0 saturated carbocycles. The first-order valence-electron chi connectivity index (χ1n) is 8.41. The summed E-state index contributed by atoms with van der Waals surface area (Å²) < 4.78 is 36.9. The van der Waals surface area contributed by atoms with E-state index in [-0.39, 0.29) is 18.7 Å². The highest BCUT2D eigenvalue weighted by molar-refractivity contribution is 5.94. The standard InChI is InChI=1S/C20H17F2N3O3/c1-27-15-5-2-13(3-6-15)18-8-9-19(25-24-18)28-11-10-23-20(26)16-7-4-14(21)12-17(16)22/h2-9,12H,10-11H2,1H3,(H,23,26). The zero-order valence-electron chi connectivity index (χ0n) is 15.0. The number of hydrogen-bond donors (Lipinski definition) is 1. The van der Waals surface area contributed by atoms with Crippen LogP contribution in [0, 0.1) is 11.6 Å². The molecule has 1 heterocycles. The summed E-state index contributed by atoms with van der Waals surface area (Å²) in [7, 11) is 1.60. The summed E-state index contributed by atoms with van der Waals surface area (Å²) in [6.07, 6.45) is 0. The van der Waals surface area contributed by atoms with Crippen molar-refractivity contribution in [2.75, 3.05) is 20.3 Å². The molecule has 0 unspecified atom stereocenters. The van der Waals surface area contributed by atoms with Crippen LogP contribution >= 0.6 is 0 Å². The number of carbonyl (C=O) groups excluding carboxylic acids is 1. The predicted molar refractivity (Wildman–Crippen MR) is 98.2 cm³/mol. The van der Waals surface area contributed by atoms with Crippen LogP contribution < -0.4 is 14.8 Å². The number of carbonyl (C=O) groups is 1. The highest BCUT2D eigenvalue weighted by Crippen LogP contribution is 2.21. The van der Waals surface area contributed by atoms with Gasteiger partial charge in [0.1, 0.15) is 24.0 Å². The molecule has 0 radical (unpaired) electrons. The van der Waals surface area contributed by atoms with E-state index in [0.29, 0.717) is 17.6 Å². The molecule has 3 aromatic rings. The average Bonchev–Trinajstić information content (AvgIpc) is 2.71. The first kappa shape index (κ1) is 19.2. The number of hydrogen-bond acceptors (Lipinski definition) is 5. The predicted octanol–water partition coefficient (Wildman–Crippen LogP) is 3.24. The molecule has 3 rings (SSSR count). The van der Waals surface area contributed by atoms with Gasteiger partial charge in [-0.1, -0.05) is 0 Å². The van der Waals surface area contributed by atoms with Crippen molar-refractivity contribution in [3.05, 3.63) is 71.8 Å². The fraction of sp³-hybridized carbons (Fsp3) is 0.150. The van der Waals surface area contributed by atoms with Crippen molar-refractivity contribution in [3.63, 3.8) is 0 Å². The molecule has 1 amide bonds. The number of aromatic nitrogens is 2. The maximum atomic E-state index is 13.5. The molecule has 0 saturated heterocycles.